The maximum absolute atomic E-state index is 12.8. The summed E-state index contributed by atoms with van der Waals surface area (Å²) < 4.78 is 11.6. The number of hydrogen-bond donors (Lipinski definition) is 0. The van der Waals surface area contributed by atoms with Crippen LogP contribution in [0, 0.1) is 34.5 Å². The first-order valence-electron chi connectivity index (χ1n) is 12.4. The lowest BCUT2D eigenvalue weighted by Gasteiger charge is -2.59. The number of rotatable bonds is 3. The van der Waals surface area contributed by atoms with Gasteiger partial charge in [-0.2, -0.15) is 0 Å². The Morgan fingerprint density at radius 3 is 2.36 bits per heavy atom. The molecule has 176 valence electrons. The Morgan fingerprint density at radius 2 is 1.64 bits per heavy atom. The lowest BCUT2D eigenvalue weighted by Crippen LogP contribution is -2.57. The molecule has 0 radical (unpaired) electrons. The maximum Gasteiger partial charge on any atom is 0.338 e. The van der Waals surface area contributed by atoms with E-state index < -0.39 is 6.10 Å². The summed E-state index contributed by atoms with van der Waals surface area (Å²) >= 11 is 0. The van der Waals surface area contributed by atoms with E-state index in [2.05, 4.69) is 19.9 Å². The van der Waals surface area contributed by atoms with Crippen LogP contribution in [0.3, 0.4) is 0 Å². The molecule has 4 aliphatic rings. The van der Waals surface area contributed by atoms with Crippen LogP contribution < -0.4 is 0 Å². The lowest BCUT2D eigenvalue weighted by molar-refractivity contribution is -0.167. The number of carbonyl (C=O) groups is 3. The van der Waals surface area contributed by atoms with Crippen LogP contribution in [0.15, 0.2) is 42.5 Å². The van der Waals surface area contributed by atoms with Gasteiger partial charge in [0.25, 0.3) is 0 Å². The second-order valence-corrected chi connectivity index (χ2v) is 11.1. The van der Waals surface area contributed by atoms with Crippen LogP contribution in [-0.2, 0) is 19.1 Å². The molecule has 0 amide bonds. The predicted octanol–water partition coefficient (Wildman–Crippen LogP) is 5.14. The largest absolute Gasteiger partial charge is 0.458 e. The third kappa shape index (κ3) is 3.55. The van der Waals surface area contributed by atoms with Gasteiger partial charge in [-0.25, -0.2) is 4.79 Å². The number of hydrogen-bond acceptors (Lipinski definition) is 5. The van der Waals surface area contributed by atoms with Crippen LogP contribution in [0.1, 0.15) is 69.7 Å². The van der Waals surface area contributed by atoms with Crippen LogP contribution in [0.25, 0.3) is 0 Å². The fourth-order valence-corrected chi connectivity index (χ4v) is 7.94. The zero-order valence-corrected chi connectivity index (χ0v) is 19.8. The van der Waals surface area contributed by atoms with Gasteiger partial charge in [0.2, 0.25) is 0 Å². The molecule has 5 rings (SSSR count). The number of esters is 2. The molecule has 5 nitrogen and oxygen atoms in total. The van der Waals surface area contributed by atoms with Gasteiger partial charge in [0.05, 0.1) is 5.56 Å². The molecule has 8 atom stereocenters. The minimum Gasteiger partial charge on any atom is -0.458 e. The molecule has 1 aromatic rings. The fourth-order valence-electron chi connectivity index (χ4n) is 7.94. The molecule has 0 aliphatic heterocycles. The average molecular weight is 451 g/mol. The molecule has 0 heterocycles. The molecule has 1 aromatic carbocycles. The molecule has 3 saturated carbocycles. The van der Waals surface area contributed by atoms with Gasteiger partial charge in [-0.05, 0) is 79.9 Å². The first kappa shape index (κ1) is 22.4. The highest BCUT2D eigenvalue weighted by molar-refractivity contribution is 5.96. The SMILES string of the molecule is CC(=O)O[C@@H]1C(=O)C=C[C@@]2(C)C1CC[C@H]1[C@@H]3CC[C@H](OC(=O)c4ccccc4)[C@@]3(C)CC[C@@H]12. The van der Waals surface area contributed by atoms with Crippen molar-refractivity contribution in [2.45, 2.75) is 71.5 Å². The van der Waals surface area contributed by atoms with Crippen molar-refractivity contribution in [1.82, 2.24) is 0 Å². The van der Waals surface area contributed by atoms with Crippen molar-refractivity contribution in [1.29, 1.82) is 0 Å². The molecule has 0 spiro atoms. The van der Waals surface area contributed by atoms with Crippen LogP contribution >= 0.6 is 0 Å². The van der Waals surface area contributed by atoms with Crippen molar-refractivity contribution in [3.63, 3.8) is 0 Å². The van der Waals surface area contributed by atoms with Gasteiger partial charge in [0.1, 0.15) is 6.10 Å². The number of carbonyl (C=O) groups excluding carboxylic acids is 3. The van der Waals surface area contributed by atoms with E-state index in [1.165, 1.54) is 6.92 Å². The molecule has 0 N–H and O–H groups in total. The Balaban J connectivity index is 1.37. The third-order valence-electron chi connectivity index (χ3n) is 9.56. The normalized spacial score (nSPS) is 41.5. The maximum atomic E-state index is 12.8. The predicted molar refractivity (Wildman–Crippen MR) is 123 cm³/mol. The van der Waals surface area contributed by atoms with Gasteiger partial charge in [0, 0.05) is 18.3 Å². The van der Waals surface area contributed by atoms with Gasteiger partial charge in [0.15, 0.2) is 11.9 Å². The standard InChI is InChI=1S/C28H34O5/c1-17(29)32-25-22-10-9-19-20-11-12-24(33-26(31)18-7-5-4-6-8-18)28(20,3)15-13-21(19)27(22,2)16-14-23(25)30/h4-8,14,16,19-22,24-25H,9-13,15H2,1-3H3/t19-,20-,21-,22?,24-,25-,27+,28-/m0/s1. The zero-order chi connectivity index (χ0) is 23.4. The quantitative estimate of drug-likeness (QED) is 0.596. The number of allylic oxidation sites excluding steroid dienone is 1. The Hall–Kier alpha value is -2.43. The molecule has 0 aromatic heterocycles. The molecule has 4 aliphatic carbocycles. The van der Waals surface area contributed by atoms with Crippen LogP contribution in [0.4, 0.5) is 0 Å². The Kier molecular flexibility index (Phi) is 5.49. The summed E-state index contributed by atoms with van der Waals surface area (Å²) in [5, 5.41) is 0. The van der Waals surface area contributed by atoms with Crippen molar-refractivity contribution >= 4 is 17.7 Å². The van der Waals surface area contributed by atoms with E-state index in [1.54, 1.807) is 6.08 Å². The topological polar surface area (TPSA) is 69.7 Å². The van der Waals surface area contributed by atoms with Crippen molar-refractivity contribution in [2.24, 2.45) is 34.5 Å². The van der Waals surface area contributed by atoms with E-state index in [9.17, 15) is 14.4 Å². The summed E-state index contributed by atoms with van der Waals surface area (Å²) in [5.74, 6) is 0.821. The molecule has 0 bridgehead atoms. The molecule has 33 heavy (non-hydrogen) atoms. The summed E-state index contributed by atoms with van der Waals surface area (Å²) in [6.07, 6.45) is 8.99. The van der Waals surface area contributed by atoms with E-state index in [4.69, 9.17) is 9.47 Å². The molecular formula is C28H34O5. The molecule has 0 saturated heterocycles. The Bertz CT molecular complexity index is 983. The Morgan fingerprint density at radius 1 is 0.909 bits per heavy atom. The van der Waals surface area contributed by atoms with Crippen molar-refractivity contribution < 1.29 is 23.9 Å². The highest BCUT2D eigenvalue weighted by Gasteiger charge is 2.62. The van der Waals surface area contributed by atoms with Crippen molar-refractivity contribution in [2.75, 3.05) is 0 Å². The van der Waals surface area contributed by atoms with Crippen molar-refractivity contribution in [3.8, 4) is 0 Å². The second kappa shape index (κ2) is 8.11. The average Bonchev–Trinajstić information content (AvgIpc) is 3.12. The van der Waals surface area contributed by atoms with Crippen LogP contribution in [-0.4, -0.2) is 29.9 Å². The number of ether oxygens (including phenoxy) is 2. The highest BCUT2D eigenvalue weighted by Crippen LogP contribution is 2.65. The monoisotopic (exact) mass is 450 g/mol. The number of fused-ring (bicyclic) bond motifs is 5. The second-order valence-electron chi connectivity index (χ2n) is 11.1. The summed E-state index contributed by atoms with van der Waals surface area (Å²) in [7, 11) is 0. The molecular weight excluding hydrogens is 416 g/mol. The van der Waals surface area contributed by atoms with E-state index >= 15 is 0 Å². The van der Waals surface area contributed by atoms with Crippen molar-refractivity contribution in [3.05, 3.63) is 48.0 Å². The number of ketones is 1. The van der Waals surface area contributed by atoms with E-state index in [0.29, 0.717) is 23.3 Å². The molecule has 3 fully saturated rings. The molecule has 5 heteroatoms. The van der Waals surface area contributed by atoms with E-state index in [-0.39, 0.29) is 40.6 Å². The highest BCUT2D eigenvalue weighted by atomic mass is 16.5. The summed E-state index contributed by atoms with van der Waals surface area (Å²) in [4.78, 5) is 37.1. The summed E-state index contributed by atoms with van der Waals surface area (Å²) in [6.45, 7) is 5.97. The van der Waals surface area contributed by atoms with Gasteiger partial charge in [-0.3, -0.25) is 9.59 Å². The van der Waals surface area contributed by atoms with Crippen LogP contribution in [0.2, 0.25) is 0 Å². The first-order valence-corrected chi connectivity index (χ1v) is 12.4. The number of benzene rings is 1. The summed E-state index contributed by atoms with van der Waals surface area (Å²) in [5.41, 5.74) is 0.440. The van der Waals surface area contributed by atoms with Gasteiger partial charge < -0.3 is 9.47 Å². The van der Waals surface area contributed by atoms with E-state index in [0.717, 1.165) is 38.5 Å². The lowest BCUT2D eigenvalue weighted by atomic mass is 9.46. The zero-order valence-electron chi connectivity index (χ0n) is 19.8. The Labute approximate surface area is 195 Å². The summed E-state index contributed by atoms with van der Waals surface area (Å²) in [6, 6.07) is 9.26. The van der Waals surface area contributed by atoms with Gasteiger partial charge in [-0.15, -0.1) is 0 Å². The third-order valence-corrected chi connectivity index (χ3v) is 9.56. The smallest absolute Gasteiger partial charge is 0.338 e. The molecule has 1 unspecified atom stereocenters. The van der Waals surface area contributed by atoms with E-state index in [1.807, 2.05) is 30.3 Å². The van der Waals surface area contributed by atoms with Crippen LogP contribution in [0.5, 0.6) is 0 Å². The fraction of sp³-hybridized carbons (Fsp3) is 0.607. The van der Waals surface area contributed by atoms with Gasteiger partial charge >= 0.3 is 11.9 Å². The minimum absolute atomic E-state index is 0.0156. The minimum atomic E-state index is -0.657. The van der Waals surface area contributed by atoms with Gasteiger partial charge in [-0.1, -0.05) is 38.1 Å². The first-order chi connectivity index (χ1) is 15.7.